The Bertz CT molecular complexity index is 1100. The van der Waals surface area contributed by atoms with Crippen LogP contribution in [-0.4, -0.2) is 10.9 Å². The molecule has 3 aromatic rings. The molecular formula is C18H10F6N2O2. The Hall–Kier alpha value is -3.30. The number of fused-ring (bicyclic) bond motifs is 1. The van der Waals surface area contributed by atoms with Crippen LogP contribution in [0.5, 0.6) is 0 Å². The number of amides is 1. The Morgan fingerprint density at radius 2 is 1.43 bits per heavy atom. The van der Waals surface area contributed by atoms with Gasteiger partial charge in [-0.05, 0) is 42.5 Å². The van der Waals surface area contributed by atoms with Gasteiger partial charge in [0.15, 0.2) is 0 Å². The van der Waals surface area contributed by atoms with Gasteiger partial charge in [0, 0.05) is 22.8 Å². The smallest absolute Gasteiger partial charge is 0.360 e. The molecule has 0 radical (unpaired) electrons. The summed E-state index contributed by atoms with van der Waals surface area (Å²) in [7, 11) is 0. The first-order chi connectivity index (χ1) is 13.0. The van der Waals surface area contributed by atoms with Crippen LogP contribution < -0.4 is 10.7 Å². The van der Waals surface area contributed by atoms with Crippen LogP contribution in [0.4, 0.5) is 32.0 Å². The van der Waals surface area contributed by atoms with E-state index in [2.05, 4.69) is 10.3 Å². The number of nitrogens with one attached hydrogen (secondary N) is 2. The second kappa shape index (κ2) is 6.70. The summed E-state index contributed by atoms with van der Waals surface area (Å²) in [5.74, 6) is -0.914. The quantitative estimate of drug-likeness (QED) is 0.606. The van der Waals surface area contributed by atoms with Crippen molar-refractivity contribution >= 4 is 22.5 Å². The molecule has 1 amide bonds. The normalized spacial score (nSPS) is 12.2. The average Bonchev–Trinajstić information content (AvgIpc) is 2.60. The van der Waals surface area contributed by atoms with Gasteiger partial charge in [0.05, 0.1) is 11.1 Å². The molecule has 1 aromatic heterocycles. The van der Waals surface area contributed by atoms with Crippen molar-refractivity contribution in [2.75, 3.05) is 5.32 Å². The van der Waals surface area contributed by atoms with Crippen LogP contribution >= 0.6 is 0 Å². The van der Waals surface area contributed by atoms with Crippen molar-refractivity contribution in [1.82, 2.24) is 4.98 Å². The van der Waals surface area contributed by atoms with E-state index in [1.165, 1.54) is 0 Å². The van der Waals surface area contributed by atoms with E-state index < -0.39 is 40.4 Å². The van der Waals surface area contributed by atoms with Gasteiger partial charge in [0.25, 0.3) is 5.91 Å². The highest BCUT2D eigenvalue weighted by Crippen LogP contribution is 2.31. The van der Waals surface area contributed by atoms with E-state index in [0.29, 0.717) is 0 Å². The maximum atomic E-state index is 12.7. The maximum Gasteiger partial charge on any atom is 0.416 e. The number of hydrogen-bond donors (Lipinski definition) is 2. The van der Waals surface area contributed by atoms with Gasteiger partial charge in [-0.2, -0.15) is 26.3 Å². The minimum Gasteiger partial charge on any atom is -0.360 e. The van der Waals surface area contributed by atoms with Crippen LogP contribution in [0.15, 0.2) is 53.5 Å². The summed E-state index contributed by atoms with van der Waals surface area (Å²) in [5.41, 5.74) is -3.16. The summed E-state index contributed by atoms with van der Waals surface area (Å²) < 4.78 is 75.9. The van der Waals surface area contributed by atoms with E-state index in [0.717, 1.165) is 48.7 Å². The minimum atomic E-state index is -4.59. The van der Waals surface area contributed by atoms with Crippen LogP contribution in [0.2, 0.25) is 0 Å². The summed E-state index contributed by atoms with van der Waals surface area (Å²) in [6.45, 7) is 0. The second-order valence-corrected chi connectivity index (χ2v) is 5.82. The number of carbonyl (C=O) groups is 1. The number of halogens is 6. The minimum absolute atomic E-state index is 0.0184. The molecule has 0 fully saturated rings. The molecule has 0 spiro atoms. The Balaban J connectivity index is 1.90. The van der Waals surface area contributed by atoms with Crippen molar-refractivity contribution in [1.29, 1.82) is 0 Å². The zero-order chi connectivity index (χ0) is 20.7. The zero-order valence-corrected chi connectivity index (χ0v) is 13.7. The van der Waals surface area contributed by atoms with Gasteiger partial charge < -0.3 is 10.3 Å². The van der Waals surface area contributed by atoms with Crippen molar-refractivity contribution in [3.8, 4) is 0 Å². The van der Waals surface area contributed by atoms with Crippen LogP contribution in [0, 0.1) is 0 Å². The third-order valence-corrected chi connectivity index (χ3v) is 3.92. The molecule has 3 rings (SSSR count). The molecule has 0 unspecified atom stereocenters. The molecule has 0 bridgehead atoms. The number of carbonyl (C=O) groups excluding carboxylic acids is 1. The van der Waals surface area contributed by atoms with E-state index in [1.54, 1.807) is 0 Å². The largest absolute Gasteiger partial charge is 0.416 e. The number of alkyl halides is 6. The van der Waals surface area contributed by atoms with E-state index in [9.17, 15) is 35.9 Å². The third kappa shape index (κ3) is 3.85. The molecular weight excluding hydrogens is 390 g/mol. The third-order valence-electron chi connectivity index (χ3n) is 3.92. The molecule has 1 heterocycles. The fourth-order valence-electron chi connectivity index (χ4n) is 2.51. The zero-order valence-electron chi connectivity index (χ0n) is 13.7. The lowest BCUT2D eigenvalue weighted by Crippen LogP contribution is -2.22. The molecule has 0 aliphatic heterocycles. The van der Waals surface area contributed by atoms with Gasteiger partial charge in [-0.3, -0.25) is 9.59 Å². The fourth-order valence-corrected chi connectivity index (χ4v) is 2.51. The standard InChI is InChI=1S/C18H10F6N2O2/c19-17(20,21)9-1-4-11(5-2-9)26-16(28)13-8-25-14-7-10(18(22,23)24)3-6-12(14)15(13)27/h1-8H,(H,25,27)(H,26,28). The molecule has 0 saturated carbocycles. The van der Waals surface area contributed by atoms with Crippen molar-refractivity contribution in [3.05, 3.63) is 75.6 Å². The van der Waals surface area contributed by atoms with E-state index in [1.807, 2.05) is 0 Å². The molecule has 0 aliphatic carbocycles. The van der Waals surface area contributed by atoms with Crippen LogP contribution in [0.3, 0.4) is 0 Å². The SMILES string of the molecule is O=C(Nc1ccc(C(F)(F)F)cc1)c1c[nH]c2cc(C(F)(F)F)ccc2c1=O. The second-order valence-electron chi connectivity index (χ2n) is 5.82. The molecule has 4 nitrogen and oxygen atoms in total. The summed E-state index contributed by atoms with van der Waals surface area (Å²) >= 11 is 0. The Morgan fingerprint density at radius 3 is 2.00 bits per heavy atom. The number of hydrogen-bond acceptors (Lipinski definition) is 2. The molecule has 146 valence electrons. The van der Waals surface area contributed by atoms with E-state index in [-0.39, 0.29) is 16.6 Å². The number of pyridine rings is 1. The fraction of sp³-hybridized carbons (Fsp3) is 0.111. The van der Waals surface area contributed by atoms with E-state index in [4.69, 9.17) is 0 Å². The Labute approximate surface area is 152 Å². The number of aromatic nitrogens is 1. The summed E-state index contributed by atoms with van der Waals surface area (Å²) in [5, 5.41) is 2.14. The number of anilines is 1. The first-order valence-electron chi connectivity index (χ1n) is 7.68. The first-order valence-corrected chi connectivity index (χ1v) is 7.68. The predicted molar refractivity (Wildman–Crippen MR) is 89.0 cm³/mol. The molecule has 0 saturated heterocycles. The number of H-pyrrole nitrogens is 1. The van der Waals surface area contributed by atoms with Crippen LogP contribution in [-0.2, 0) is 12.4 Å². The lowest BCUT2D eigenvalue weighted by molar-refractivity contribution is -0.138. The average molecular weight is 400 g/mol. The number of aromatic amines is 1. The molecule has 0 atom stereocenters. The van der Waals surface area contributed by atoms with Gasteiger partial charge in [-0.15, -0.1) is 0 Å². The van der Waals surface area contributed by atoms with Crippen molar-refractivity contribution in [2.24, 2.45) is 0 Å². The molecule has 2 N–H and O–H groups in total. The van der Waals surface area contributed by atoms with Gasteiger partial charge in [0.1, 0.15) is 5.56 Å². The summed E-state index contributed by atoms with van der Waals surface area (Å²) in [6.07, 6.45) is -8.18. The highest BCUT2D eigenvalue weighted by atomic mass is 19.4. The van der Waals surface area contributed by atoms with Crippen molar-refractivity contribution < 1.29 is 31.1 Å². The van der Waals surface area contributed by atoms with Crippen LogP contribution in [0.1, 0.15) is 21.5 Å². The topological polar surface area (TPSA) is 62.0 Å². The molecule has 28 heavy (non-hydrogen) atoms. The van der Waals surface area contributed by atoms with Gasteiger partial charge in [-0.1, -0.05) is 0 Å². The first kappa shape index (κ1) is 19.5. The van der Waals surface area contributed by atoms with E-state index >= 15 is 0 Å². The lowest BCUT2D eigenvalue weighted by Gasteiger charge is -2.10. The number of rotatable bonds is 2. The summed E-state index contributed by atoms with van der Waals surface area (Å²) in [4.78, 5) is 27.1. The van der Waals surface area contributed by atoms with Crippen molar-refractivity contribution in [2.45, 2.75) is 12.4 Å². The molecule has 0 aliphatic rings. The Kier molecular flexibility index (Phi) is 4.66. The van der Waals surface area contributed by atoms with Crippen LogP contribution in [0.25, 0.3) is 10.9 Å². The predicted octanol–water partition coefficient (Wildman–Crippen LogP) is 4.82. The lowest BCUT2D eigenvalue weighted by atomic mass is 10.1. The Morgan fingerprint density at radius 1 is 0.857 bits per heavy atom. The maximum absolute atomic E-state index is 12.7. The van der Waals surface area contributed by atoms with Gasteiger partial charge in [0.2, 0.25) is 5.43 Å². The highest BCUT2D eigenvalue weighted by molar-refractivity contribution is 6.05. The summed E-state index contributed by atoms with van der Waals surface area (Å²) in [6, 6.07) is 5.98. The monoisotopic (exact) mass is 400 g/mol. The van der Waals surface area contributed by atoms with Crippen molar-refractivity contribution in [3.63, 3.8) is 0 Å². The number of benzene rings is 2. The highest BCUT2D eigenvalue weighted by Gasteiger charge is 2.31. The molecule has 2 aromatic carbocycles. The van der Waals surface area contributed by atoms with Gasteiger partial charge >= 0.3 is 12.4 Å². The van der Waals surface area contributed by atoms with Gasteiger partial charge in [-0.25, -0.2) is 0 Å². The molecule has 10 heteroatoms.